The Morgan fingerprint density at radius 2 is 1.61 bits per heavy atom. The van der Waals surface area contributed by atoms with Crippen LogP contribution in [-0.4, -0.2) is 15.4 Å². The number of ether oxygens (including phenoxy) is 1. The van der Waals surface area contributed by atoms with Gasteiger partial charge in [0.1, 0.15) is 11.0 Å². The van der Waals surface area contributed by atoms with E-state index in [4.69, 9.17) is 4.74 Å². The van der Waals surface area contributed by atoms with Crippen LogP contribution in [0.5, 0.6) is 0 Å². The number of nitrogens with one attached hydrogen (secondary N) is 1. The zero-order valence-electron chi connectivity index (χ0n) is 9.84. The van der Waals surface area contributed by atoms with Gasteiger partial charge in [0.2, 0.25) is 0 Å². The van der Waals surface area contributed by atoms with Crippen molar-refractivity contribution in [2.75, 3.05) is 0 Å². The largest absolute Gasteiger partial charge is 0.372 e. The number of benzene rings is 2. The van der Waals surface area contributed by atoms with E-state index in [2.05, 4.69) is 27.5 Å². The molecule has 0 fully saturated rings. The lowest BCUT2D eigenvalue weighted by Crippen LogP contribution is -1.93. The molecule has 0 saturated heterocycles. The normalized spacial score (nSPS) is 10.9. The highest BCUT2D eigenvalue weighted by Gasteiger charge is 2.00. The molecule has 1 heterocycles. The van der Waals surface area contributed by atoms with Crippen molar-refractivity contribution in [3.63, 3.8) is 0 Å². The molecule has 0 radical (unpaired) electrons. The molecule has 4 nitrogen and oxygen atoms in total. The molecule has 4 heteroatoms. The highest BCUT2D eigenvalue weighted by Crippen LogP contribution is 2.12. The summed E-state index contributed by atoms with van der Waals surface area (Å²) in [6, 6.07) is 16.1. The molecule has 0 spiro atoms. The molecule has 0 atom stereocenters. The molecule has 0 unspecified atom stereocenters. The Kier molecular flexibility index (Phi) is 3.02. The Balaban J connectivity index is 1.62. The Hall–Kier alpha value is -2.20. The summed E-state index contributed by atoms with van der Waals surface area (Å²) < 4.78 is 5.67. The lowest BCUT2D eigenvalue weighted by atomic mass is 10.2. The smallest absolute Gasteiger partial charge is 0.113 e. The molecule has 3 aromatic rings. The third-order valence-electron chi connectivity index (χ3n) is 2.76. The van der Waals surface area contributed by atoms with Gasteiger partial charge in [0.15, 0.2) is 0 Å². The number of hydrogen-bond donors (Lipinski definition) is 1. The van der Waals surface area contributed by atoms with Crippen LogP contribution in [0.3, 0.4) is 0 Å². The van der Waals surface area contributed by atoms with Gasteiger partial charge in [0.25, 0.3) is 0 Å². The summed E-state index contributed by atoms with van der Waals surface area (Å²) in [7, 11) is 0. The maximum Gasteiger partial charge on any atom is 0.113 e. The number of aromatic nitrogens is 3. The van der Waals surface area contributed by atoms with E-state index >= 15 is 0 Å². The van der Waals surface area contributed by atoms with Crippen LogP contribution >= 0.6 is 0 Å². The second kappa shape index (κ2) is 4.98. The van der Waals surface area contributed by atoms with Crippen LogP contribution in [0.1, 0.15) is 11.1 Å². The van der Waals surface area contributed by atoms with E-state index in [0.29, 0.717) is 13.2 Å². The van der Waals surface area contributed by atoms with Gasteiger partial charge in [0, 0.05) is 0 Å². The van der Waals surface area contributed by atoms with Crippen LogP contribution in [0.2, 0.25) is 0 Å². The van der Waals surface area contributed by atoms with E-state index in [-0.39, 0.29) is 0 Å². The highest BCUT2D eigenvalue weighted by molar-refractivity contribution is 5.73. The fraction of sp³-hybridized carbons (Fsp3) is 0.143. The molecule has 0 aliphatic heterocycles. The summed E-state index contributed by atoms with van der Waals surface area (Å²) in [4.78, 5) is 0. The Morgan fingerprint density at radius 1 is 0.833 bits per heavy atom. The van der Waals surface area contributed by atoms with E-state index in [0.717, 1.165) is 16.6 Å². The lowest BCUT2D eigenvalue weighted by Gasteiger charge is -2.04. The van der Waals surface area contributed by atoms with Gasteiger partial charge in [-0.25, -0.2) is 0 Å². The number of H-pyrrole nitrogens is 1. The maximum atomic E-state index is 5.67. The standard InChI is InChI=1S/C14H13N3O/c1-2-4-11(5-3-1)9-18-10-12-6-7-13-14(8-12)16-17-15-13/h1-8H,9-10H2,(H,15,16,17). The van der Waals surface area contributed by atoms with Gasteiger partial charge in [-0.3, -0.25) is 0 Å². The summed E-state index contributed by atoms with van der Waals surface area (Å²) in [6.07, 6.45) is 0. The predicted molar refractivity (Wildman–Crippen MR) is 68.8 cm³/mol. The Labute approximate surface area is 105 Å². The molecule has 3 rings (SSSR count). The summed E-state index contributed by atoms with van der Waals surface area (Å²) in [6.45, 7) is 1.20. The molecule has 2 aromatic carbocycles. The topological polar surface area (TPSA) is 50.8 Å². The minimum Gasteiger partial charge on any atom is -0.372 e. The van der Waals surface area contributed by atoms with Crippen molar-refractivity contribution < 1.29 is 4.74 Å². The van der Waals surface area contributed by atoms with E-state index < -0.39 is 0 Å². The summed E-state index contributed by atoms with van der Waals surface area (Å²) in [5.74, 6) is 0. The van der Waals surface area contributed by atoms with E-state index in [9.17, 15) is 0 Å². The number of aromatic amines is 1. The Bertz CT molecular complexity index is 634. The summed E-state index contributed by atoms with van der Waals surface area (Å²) >= 11 is 0. The second-order valence-electron chi connectivity index (χ2n) is 4.13. The van der Waals surface area contributed by atoms with Gasteiger partial charge in [-0.05, 0) is 23.3 Å². The van der Waals surface area contributed by atoms with Crippen molar-refractivity contribution in [1.82, 2.24) is 15.4 Å². The number of nitrogens with zero attached hydrogens (tertiary/aromatic N) is 2. The third-order valence-corrected chi connectivity index (χ3v) is 2.76. The fourth-order valence-corrected chi connectivity index (χ4v) is 1.84. The molecule has 0 amide bonds. The molecule has 0 aliphatic carbocycles. The van der Waals surface area contributed by atoms with Gasteiger partial charge in [-0.1, -0.05) is 36.4 Å². The lowest BCUT2D eigenvalue weighted by molar-refractivity contribution is 0.107. The van der Waals surface area contributed by atoms with Crippen LogP contribution in [-0.2, 0) is 18.0 Å². The SMILES string of the molecule is c1ccc(COCc2ccc3n[nH]nc3c2)cc1. The van der Waals surface area contributed by atoms with Crippen molar-refractivity contribution in [3.8, 4) is 0 Å². The molecule has 90 valence electrons. The number of rotatable bonds is 4. The summed E-state index contributed by atoms with van der Waals surface area (Å²) in [5.41, 5.74) is 4.03. The fourth-order valence-electron chi connectivity index (χ4n) is 1.84. The molecule has 1 aromatic heterocycles. The Morgan fingerprint density at radius 3 is 2.50 bits per heavy atom. The highest BCUT2D eigenvalue weighted by atomic mass is 16.5. The van der Waals surface area contributed by atoms with Crippen molar-refractivity contribution in [2.45, 2.75) is 13.2 Å². The van der Waals surface area contributed by atoms with E-state index in [1.807, 2.05) is 36.4 Å². The minimum absolute atomic E-state index is 0.581. The van der Waals surface area contributed by atoms with Crippen LogP contribution in [0.25, 0.3) is 11.0 Å². The first-order chi connectivity index (χ1) is 8.92. The van der Waals surface area contributed by atoms with E-state index in [1.54, 1.807) is 0 Å². The van der Waals surface area contributed by atoms with Crippen molar-refractivity contribution >= 4 is 11.0 Å². The predicted octanol–water partition coefficient (Wildman–Crippen LogP) is 2.67. The summed E-state index contributed by atoms with van der Waals surface area (Å²) in [5, 5.41) is 10.7. The first-order valence-corrected chi connectivity index (χ1v) is 5.83. The van der Waals surface area contributed by atoms with Crippen LogP contribution < -0.4 is 0 Å². The third kappa shape index (κ3) is 2.38. The second-order valence-corrected chi connectivity index (χ2v) is 4.13. The molecule has 0 saturated carbocycles. The molecule has 18 heavy (non-hydrogen) atoms. The van der Waals surface area contributed by atoms with Gasteiger partial charge in [-0.15, -0.1) is 0 Å². The van der Waals surface area contributed by atoms with Gasteiger partial charge >= 0.3 is 0 Å². The molecule has 0 bridgehead atoms. The number of hydrogen-bond acceptors (Lipinski definition) is 3. The van der Waals surface area contributed by atoms with Gasteiger partial charge < -0.3 is 4.74 Å². The van der Waals surface area contributed by atoms with Crippen LogP contribution in [0, 0.1) is 0 Å². The average Bonchev–Trinajstić information content (AvgIpc) is 2.87. The number of fused-ring (bicyclic) bond motifs is 1. The van der Waals surface area contributed by atoms with Gasteiger partial charge in [0.05, 0.1) is 13.2 Å². The average molecular weight is 239 g/mol. The zero-order valence-corrected chi connectivity index (χ0v) is 9.84. The van der Waals surface area contributed by atoms with E-state index in [1.165, 1.54) is 5.56 Å². The molecule has 1 N–H and O–H groups in total. The minimum atomic E-state index is 0.581. The molecule has 0 aliphatic rings. The first kappa shape index (κ1) is 10.9. The monoisotopic (exact) mass is 239 g/mol. The quantitative estimate of drug-likeness (QED) is 0.761. The van der Waals surface area contributed by atoms with Crippen LogP contribution in [0.4, 0.5) is 0 Å². The molecular formula is C14H13N3O. The van der Waals surface area contributed by atoms with Crippen molar-refractivity contribution in [3.05, 3.63) is 59.7 Å². The van der Waals surface area contributed by atoms with Crippen molar-refractivity contribution in [2.24, 2.45) is 0 Å². The zero-order chi connectivity index (χ0) is 12.2. The van der Waals surface area contributed by atoms with Crippen LogP contribution in [0.15, 0.2) is 48.5 Å². The first-order valence-electron chi connectivity index (χ1n) is 5.83. The maximum absolute atomic E-state index is 5.67. The van der Waals surface area contributed by atoms with Crippen molar-refractivity contribution in [1.29, 1.82) is 0 Å². The van der Waals surface area contributed by atoms with Gasteiger partial charge in [-0.2, -0.15) is 15.4 Å². The molecular weight excluding hydrogens is 226 g/mol.